The number of pyridine rings is 1. The van der Waals surface area contributed by atoms with Gasteiger partial charge in [0.25, 0.3) is 5.91 Å². The maximum absolute atomic E-state index is 12.5. The van der Waals surface area contributed by atoms with Gasteiger partial charge in [0.05, 0.1) is 12.2 Å². The van der Waals surface area contributed by atoms with E-state index >= 15 is 0 Å². The monoisotopic (exact) mass is 316 g/mol. The predicted molar refractivity (Wildman–Crippen MR) is 84.1 cm³/mol. The van der Waals surface area contributed by atoms with Gasteiger partial charge in [0.1, 0.15) is 5.69 Å². The Morgan fingerprint density at radius 2 is 2.04 bits per heavy atom. The Morgan fingerprint density at radius 3 is 2.57 bits per heavy atom. The molecule has 23 heavy (non-hydrogen) atoms. The summed E-state index contributed by atoms with van der Waals surface area (Å²) in [6, 6.07) is 2.50. The third-order valence-corrected chi connectivity index (χ3v) is 3.44. The van der Waals surface area contributed by atoms with Crippen molar-refractivity contribution in [3.63, 3.8) is 0 Å². The van der Waals surface area contributed by atoms with E-state index in [4.69, 9.17) is 5.11 Å². The molecule has 1 amide bonds. The molecule has 0 radical (unpaired) electrons. The van der Waals surface area contributed by atoms with Gasteiger partial charge in [-0.1, -0.05) is 20.8 Å². The fourth-order valence-corrected chi connectivity index (χ4v) is 2.29. The van der Waals surface area contributed by atoms with Crippen molar-refractivity contribution >= 4 is 11.9 Å². The van der Waals surface area contributed by atoms with E-state index in [1.54, 1.807) is 10.9 Å². The molecule has 0 aliphatic rings. The number of carbonyl (C=O) groups excluding carboxylic acids is 1. The Labute approximate surface area is 134 Å². The smallest absolute Gasteiger partial charge is 0.354 e. The number of hydrogen-bond acceptors (Lipinski definition) is 4. The number of rotatable bonds is 4. The van der Waals surface area contributed by atoms with Gasteiger partial charge in [-0.2, -0.15) is 5.10 Å². The molecular weight excluding hydrogens is 296 g/mol. The maximum Gasteiger partial charge on any atom is 0.354 e. The Bertz CT molecular complexity index is 731. The van der Waals surface area contributed by atoms with Crippen LogP contribution < -0.4 is 5.32 Å². The molecule has 7 heteroatoms. The van der Waals surface area contributed by atoms with Crippen LogP contribution in [0, 0.1) is 5.41 Å². The van der Waals surface area contributed by atoms with E-state index < -0.39 is 5.97 Å². The van der Waals surface area contributed by atoms with Gasteiger partial charge in [0.15, 0.2) is 0 Å². The molecule has 0 aliphatic carbocycles. The van der Waals surface area contributed by atoms with Gasteiger partial charge in [0.2, 0.25) is 0 Å². The molecular formula is C16H20N4O3. The number of aromatic carboxylic acids is 1. The second-order valence-electron chi connectivity index (χ2n) is 6.45. The van der Waals surface area contributed by atoms with Crippen LogP contribution in [0.2, 0.25) is 0 Å². The lowest BCUT2D eigenvalue weighted by Crippen LogP contribution is -2.36. The number of amides is 1. The predicted octanol–water partition coefficient (Wildman–Crippen LogP) is 2.03. The fraction of sp³-hybridized carbons (Fsp3) is 0.375. The number of nitrogens with one attached hydrogen (secondary N) is 1. The number of aryl methyl sites for hydroxylation is 1. The summed E-state index contributed by atoms with van der Waals surface area (Å²) in [5, 5.41) is 16.1. The second-order valence-corrected chi connectivity index (χ2v) is 6.45. The first-order valence-corrected chi connectivity index (χ1v) is 7.17. The van der Waals surface area contributed by atoms with Crippen molar-refractivity contribution in [3.05, 3.63) is 47.5 Å². The molecule has 0 aliphatic heterocycles. The quantitative estimate of drug-likeness (QED) is 0.899. The standard InChI is InChI=1S/C16H20N4O3/c1-16(2,3)13(11-8-18-20(4)9-11)19-14(21)10-5-6-17-12(7-10)15(22)23/h5-9,13H,1-4H3,(H,19,21)(H,22,23). The van der Waals surface area contributed by atoms with E-state index in [0.717, 1.165) is 5.56 Å². The van der Waals surface area contributed by atoms with Crippen LogP contribution in [0.25, 0.3) is 0 Å². The van der Waals surface area contributed by atoms with Crippen molar-refractivity contribution in [1.29, 1.82) is 0 Å². The summed E-state index contributed by atoms with van der Waals surface area (Å²) in [6.07, 6.45) is 4.88. The molecule has 0 saturated carbocycles. The van der Waals surface area contributed by atoms with E-state index in [0.29, 0.717) is 0 Å². The molecule has 0 saturated heterocycles. The third-order valence-electron chi connectivity index (χ3n) is 3.44. The first-order valence-electron chi connectivity index (χ1n) is 7.17. The molecule has 0 aromatic carbocycles. The van der Waals surface area contributed by atoms with E-state index in [1.165, 1.54) is 18.3 Å². The van der Waals surface area contributed by atoms with Crippen LogP contribution in [-0.4, -0.2) is 31.7 Å². The summed E-state index contributed by atoms with van der Waals surface area (Å²) in [5.74, 6) is -1.52. The minimum absolute atomic E-state index is 0.161. The van der Waals surface area contributed by atoms with Gasteiger partial charge in [-0.05, 0) is 17.5 Å². The minimum atomic E-state index is -1.17. The number of carbonyl (C=O) groups is 2. The lowest BCUT2D eigenvalue weighted by atomic mass is 9.83. The van der Waals surface area contributed by atoms with Gasteiger partial charge < -0.3 is 10.4 Å². The molecule has 7 nitrogen and oxygen atoms in total. The molecule has 2 aromatic rings. The normalized spacial score (nSPS) is 12.7. The summed E-state index contributed by atoms with van der Waals surface area (Å²) in [5.41, 5.74) is 0.754. The highest BCUT2D eigenvalue weighted by atomic mass is 16.4. The minimum Gasteiger partial charge on any atom is -0.477 e. The number of carboxylic acid groups (broad SMARTS) is 1. The molecule has 122 valence electrons. The lowest BCUT2D eigenvalue weighted by molar-refractivity contribution is 0.0690. The van der Waals surface area contributed by atoms with Crippen molar-refractivity contribution in [3.8, 4) is 0 Å². The molecule has 2 aromatic heterocycles. The van der Waals surface area contributed by atoms with E-state index in [2.05, 4.69) is 15.4 Å². The van der Waals surface area contributed by atoms with Gasteiger partial charge in [-0.15, -0.1) is 0 Å². The Morgan fingerprint density at radius 1 is 1.35 bits per heavy atom. The summed E-state index contributed by atoms with van der Waals surface area (Å²) in [6.45, 7) is 6.04. The SMILES string of the molecule is Cn1cc(C(NC(=O)c2ccnc(C(=O)O)c2)C(C)(C)C)cn1. The van der Waals surface area contributed by atoms with Crippen LogP contribution in [0.15, 0.2) is 30.7 Å². The first-order chi connectivity index (χ1) is 10.7. The highest BCUT2D eigenvalue weighted by molar-refractivity contribution is 5.96. The molecule has 1 unspecified atom stereocenters. The summed E-state index contributed by atoms with van der Waals surface area (Å²) in [4.78, 5) is 27.2. The van der Waals surface area contributed by atoms with Crippen molar-refractivity contribution in [2.24, 2.45) is 12.5 Å². The largest absolute Gasteiger partial charge is 0.477 e. The molecule has 2 heterocycles. The number of nitrogens with zero attached hydrogens (tertiary/aromatic N) is 3. The lowest BCUT2D eigenvalue weighted by Gasteiger charge is -2.30. The van der Waals surface area contributed by atoms with Crippen LogP contribution in [-0.2, 0) is 7.05 Å². The van der Waals surface area contributed by atoms with Crippen LogP contribution in [0.3, 0.4) is 0 Å². The van der Waals surface area contributed by atoms with Crippen LogP contribution in [0.1, 0.15) is 53.2 Å². The van der Waals surface area contributed by atoms with Crippen LogP contribution in [0.5, 0.6) is 0 Å². The highest BCUT2D eigenvalue weighted by Crippen LogP contribution is 2.32. The van der Waals surface area contributed by atoms with E-state index in [-0.39, 0.29) is 28.6 Å². The van der Waals surface area contributed by atoms with Crippen LogP contribution >= 0.6 is 0 Å². The molecule has 1 atom stereocenters. The highest BCUT2D eigenvalue weighted by Gasteiger charge is 2.29. The Balaban J connectivity index is 2.28. The van der Waals surface area contributed by atoms with E-state index in [9.17, 15) is 9.59 Å². The molecule has 2 rings (SSSR count). The summed E-state index contributed by atoms with van der Waals surface area (Å²) in [7, 11) is 1.81. The van der Waals surface area contributed by atoms with Crippen molar-refractivity contribution < 1.29 is 14.7 Å². The van der Waals surface area contributed by atoms with Gasteiger partial charge in [-0.3, -0.25) is 9.48 Å². The Hall–Kier alpha value is -2.70. The van der Waals surface area contributed by atoms with Crippen LogP contribution in [0.4, 0.5) is 0 Å². The zero-order valence-electron chi connectivity index (χ0n) is 13.6. The average Bonchev–Trinajstić information content (AvgIpc) is 2.89. The number of carboxylic acids is 1. The third kappa shape index (κ3) is 3.94. The van der Waals surface area contributed by atoms with Crippen molar-refractivity contribution in [2.75, 3.05) is 0 Å². The van der Waals surface area contributed by atoms with Gasteiger partial charge in [-0.25, -0.2) is 9.78 Å². The fourth-order valence-electron chi connectivity index (χ4n) is 2.29. The molecule has 0 bridgehead atoms. The summed E-state index contributed by atoms with van der Waals surface area (Å²) >= 11 is 0. The molecule has 0 spiro atoms. The average molecular weight is 316 g/mol. The van der Waals surface area contributed by atoms with Crippen molar-refractivity contribution in [1.82, 2.24) is 20.1 Å². The topological polar surface area (TPSA) is 97.1 Å². The zero-order chi connectivity index (χ0) is 17.2. The Kier molecular flexibility index (Phi) is 4.49. The van der Waals surface area contributed by atoms with E-state index in [1.807, 2.05) is 34.0 Å². The van der Waals surface area contributed by atoms with Crippen molar-refractivity contribution in [2.45, 2.75) is 26.8 Å². The second kappa shape index (κ2) is 6.20. The van der Waals surface area contributed by atoms with Gasteiger partial charge in [0, 0.05) is 30.6 Å². The maximum atomic E-state index is 12.5. The number of aromatic nitrogens is 3. The zero-order valence-corrected chi connectivity index (χ0v) is 13.6. The number of hydrogen-bond donors (Lipinski definition) is 2. The summed E-state index contributed by atoms with van der Waals surface area (Å²) < 4.78 is 1.68. The van der Waals surface area contributed by atoms with Gasteiger partial charge >= 0.3 is 5.97 Å². The first kappa shape index (κ1) is 16.7. The molecule has 2 N–H and O–H groups in total. The molecule has 0 fully saturated rings.